The van der Waals surface area contributed by atoms with Crippen molar-refractivity contribution in [2.24, 2.45) is 0 Å². The average Bonchev–Trinajstić information content (AvgIpc) is 2.72. The molecule has 0 bridgehead atoms. The quantitative estimate of drug-likeness (QED) is 0.832. The van der Waals surface area contributed by atoms with Crippen LogP contribution in [0.2, 0.25) is 0 Å². The predicted octanol–water partition coefficient (Wildman–Crippen LogP) is 1.26. The molecule has 0 saturated carbocycles. The fraction of sp³-hybridized carbons (Fsp3) is 0.389. The van der Waals surface area contributed by atoms with Crippen LogP contribution in [0.3, 0.4) is 0 Å². The summed E-state index contributed by atoms with van der Waals surface area (Å²) in [5, 5.41) is 2.86. The van der Waals surface area contributed by atoms with E-state index in [9.17, 15) is 4.79 Å². The van der Waals surface area contributed by atoms with Crippen LogP contribution in [0.15, 0.2) is 30.5 Å². The lowest BCUT2D eigenvalue weighted by molar-refractivity contribution is 0.0946. The van der Waals surface area contributed by atoms with E-state index >= 15 is 0 Å². The van der Waals surface area contributed by atoms with Crippen molar-refractivity contribution in [3.63, 3.8) is 0 Å². The number of benzene rings is 1. The standard InChI is InChI=1S/C18H22N4O4/c1-24-15-5-3-4-14(16(15)25-2)17(23)20-12-13-6-7-19-18(21-13)22-8-10-26-11-9-22/h3-7H,8-12H2,1-2H3,(H,20,23). The molecule has 26 heavy (non-hydrogen) atoms. The van der Waals surface area contributed by atoms with Gasteiger partial charge >= 0.3 is 0 Å². The first-order valence-electron chi connectivity index (χ1n) is 8.36. The molecule has 2 heterocycles. The molecule has 1 N–H and O–H groups in total. The lowest BCUT2D eigenvalue weighted by Gasteiger charge is -2.26. The Bertz CT molecular complexity index is 763. The Balaban J connectivity index is 1.68. The van der Waals surface area contributed by atoms with E-state index in [4.69, 9.17) is 14.2 Å². The van der Waals surface area contributed by atoms with Crippen molar-refractivity contribution in [1.82, 2.24) is 15.3 Å². The van der Waals surface area contributed by atoms with E-state index in [2.05, 4.69) is 20.2 Å². The number of anilines is 1. The van der Waals surface area contributed by atoms with Crippen LogP contribution < -0.4 is 19.7 Å². The first kappa shape index (κ1) is 17.9. The highest BCUT2D eigenvalue weighted by molar-refractivity contribution is 5.97. The number of morpholine rings is 1. The summed E-state index contributed by atoms with van der Waals surface area (Å²) in [7, 11) is 3.04. The summed E-state index contributed by atoms with van der Waals surface area (Å²) in [5.74, 6) is 1.31. The summed E-state index contributed by atoms with van der Waals surface area (Å²) in [6.45, 7) is 3.15. The van der Waals surface area contributed by atoms with Gasteiger partial charge in [0.25, 0.3) is 5.91 Å². The first-order valence-corrected chi connectivity index (χ1v) is 8.36. The van der Waals surface area contributed by atoms with Crippen molar-refractivity contribution in [3.8, 4) is 11.5 Å². The molecule has 1 saturated heterocycles. The molecule has 1 aliphatic heterocycles. The fourth-order valence-corrected chi connectivity index (χ4v) is 2.73. The van der Waals surface area contributed by atoms with Crippen molar-refractivity contribution < 1.29 is 19.0 Å². The second-order valence-corrected chi connectivity index (χ2v) is 5.67. The Morgan fingerprint density at radius 2 is 2.04 bits per heavy atom. The van der Waals surface area contributed by atoms with E-state index in [1.54, 1.807) is 30.5 Å². The van der Waals surface area contributed by atoms with Crippen LogP contribution >= 0.6 is 0 Å². The van der Waals surface area contributed by atoms with Crippen LogP contribution in [0.5, 0.6) is 11.5 Å². The fourth-order valence-electron chi connectivity index (χ4n) is 2.73. The number of nitrogens with zero attached hydrogens (tertiary/aromatic N) is 3. The molecular formula is C18H22N4O4. The zero-order chi connectivity index (χ0) is 18.4. The van der Waals surface area contributed by atoms with E-state index in [1.165, 1.54) is 14.2 Å². The monoisotopic (exact) mass is 358 g/mol. The molecule has 0 spiro atoms. The van der Waals surface area contributed by atoms with Gasteiger partial charge in [-0.2, -0.15) is 0 Å². The zero-order valence-corrected chi connectivity index (χ0v) is 14.9. The van der Waals surface area contributed by atoms with Gasteiger partial charge in [-0.1, -0.05) is 6.07 Å². The van der Waals surface area contributed by atoms with Gasteiger partial charge in [-0.05, 0) is 18.2 Å². The highest BCUT2D eigenvalue weighted by Crippen LogP contribution is 2.30. The maximum Gasteiger partial charge on any atom is 0.255 e. The smallest absolute Gasteiger partial charge is 0.255 e. The second-order valence-electron chi connectivity index (χ2n) is 5.67. The number of carbonyl (C=O) groups excluding carboxylic acids is 1. The van der Waals surface area contributed by atoms with Crippen molar-refractivity contribution in [3.05, 3.63) is 41.7 Å². The normalized spacial score (nSPS) is 14.0. The molecule has 0 aliphatic carbocycles. The molecule has 1 amide bonds. The maximum atomic E-state index is 12.5. The molecule has 1 fully saturated rings. The Kier molecular flexibility index (Phi) is 5.85. The topological polar surface area (TPSA) is 85.8 Å². The zero-order valence-electron chi connectivity index (χ0n) is 14.9. The minimum Gasteiger partial charge on any atom is -0.493 e. The molecule has 0 radical (unpaired) electrons. The molecule has 1 aromatic carbocycles. The summed E-state index contributed by atoms with van der Waals surface area (Å²) in [6.07, 6.45) is 1.70. The number of para-hydroxylation sites is 1. The number of nitrogens with one attached hydrogen (secondary N) is 1. The van der Waals surface area contributed by atoms with Crippen LogP contribution in [0, 0.1) is 0 Å². The van der Waals surface area contributed by atoms with Crippen molar-refractivity contribution in [1.29, 1.82) is 0 Å². The number of hydrogen-bond acceptors (Lipinski definition) is 7. The van der Waals surface area contributed by atoms with Gasteiger partial charge in [-0.3, -0.25) is 4.79 Å². The molecular weight excluding hydrogens is 336 g/mol. The van der Waals surface area contributed by atoms with Gasteiger partial charge in [-0.25, -0.2) is 9.97 Å². The number of rotatable bonds is 6. The van der Waals surface area contributed by atoms with E-state index in [0.717, 1.165) is 18.8 Å². The molecule has 138 valence electrons. The number of ether oxygens (including phenoxy) is 3. The van der Waals surface area contributed by atoms with Crippen LogP contribution in [-0.4, -0.2) is 56.4 Å². The minimum atomic E-state index is -0.257. The third kappa shape index (κ3) is 4.02. The van der Waals surface area contributed by atoms with Gasteiger partial charge in [0.2, 0.25) is 5.95 Å². The Morgan fingerprint density at radius 3 is 2.77 bits per heavy atom. The summed E-state index contributed by atoms with van der Waals surface area (Å²) in [4.78, 5) is 23.4. The molecule has 0 unspecified atom stereocenters. The van der Waals surface area contributed by atoms with Gasteiger partial charge in [0.1, 0.15) is 0 Å². The number of methoxy groups -OCH3 is 2. The van der Waals surface area contributed by atoms with Crippen LogP contribution in [0.25, 0.3) is 0 Å². The maximum absolute atomic E-state index is 12.5. The third-order valence-electron chi connectivity index (χ3n) is 4.07. The van der Waals surface area contributed by atoms with Gasteiger partial charge in [-0.15, -0.1) is 0 Å². The SMILES string of the molecule is COc1cccc(C(=O)NCc2ccnc(N3CCOCC3)n2)c1OC. The van der Waals surface area contributed by atoms with Crippen molar-refractivity contribution in [2.75, 3.05) is 45.4 Å². The predicted molar refractivity (Wildman–Crippen MR) is 95.8 cm³/mol. The molecule has 2 aromatic rings. The number of amides is 1. The van der Waals surface area contributed by atoms with Crippen LogP contribution in [0.1, 0.15) is 16.1 Å². The lowest BCUT2D eigenvalue weighted by atomic mass is 10.1. The van der Waals surface area contributed by atoms with E-state index in [0.29, 0.717) is 42.8 Å². The molecule has 1 aromatic heterocycles. The number of hydrogen-bond donors (Lipinski definition) is 1. The molecule has 8 nitrogen and oxygen atoms in total. The van der Waals surface area contributed by atoms with Gasteiger partial charge < -0.3 is 24.4 Å². The number of aromatic nitrogens is 2. The van der Waals surface area contributed by atoms with E-state index < -0.39 is 0 Å². The minimum absolute atomic E-state index is 0.257. The summed E-state index contributed by atoms with van der Waals surface area (Å²) >= 11 is 0. The van der Waals surface area contributed by atoms with Crippen LogP contribution in [-0.2, 0) is 11.3 Å². The van der Waals surface area contributed by atoms with Gasteiger partial charge in [0.15, 0.2) is 11.5 Å². The lowest BCUT2D eigenvalue weighted by Crippen LogP contribution is -2.37. The number of carbonyl (C=O) groups is 1. The van der Waals surface area contributed by atoms with Crippen LogP contribution in [0.4, 0.5) is 5.95 Å². The summed E-state index contributed by atoms with van der Waals surface area (Å²) in [6, 6.07) is 6.97. The van der Waals surface area contributed by atoms with Crippen molar-refractivity contribution in [2.45, 2.75) is 6.54 Å². The first-order chi connectivity index (χ1) is 12.7. The Hall–Kier alpha value is -2.87. The highest BCUT2D eigenvalue weighted by atomic mass is 16.5. The second kappa shape index (κ2) is 8.48. The highest BCUT2D eigenvalue weighted by Gasteiger charge is 2.17. The summed E-state index contributed by atoms with van der Waals surface area (Å²) in [5.41, 5.74) is 1.14. The summed E-state index contributed by atoms with van der Waals surface area (Å²) < 4.78 is 15.9. The van der Waals surface area contributed by atoms with E-state index in [-0.39, 0.29) is 5.91 Å². The van der Waals surface area contributed by atoms with Gasteiger partial charge in [0.05, 0.1) is 45.2 Å². The molecule has 0 atom stereocenters. The Morgan fingerprint density at radius 1 is 1.23 bits per heavy atom. The van der Waals surface area contributed by atoms with Crippen molar-refractivity contribution >= 4 is 11.9 Å². The Labute approximate surface area is 152 Å². The largest absolute Gasteiger partial charge is 0.493 e. The third-order valence-corrected chi connectivity index (χ3v) is 4.07. The van der Waals surface area contributed by atoms with E-state index in [1.807, 2.05) is 0 Å². The molecule has 8 heteroatoms. The van der Waals surface area contributed by atoms with Gasteiger partial charge in [0, 0.05) is 19.3 Å². The molecule has 1 aliphatic rings. The average molecular weight is 358 g/mol. The molecule has 3 rings (SSSR count).